The van der Waals surface area contributed by atoms with Crippen molar-refractivity contribution in [2.24, 2.45) is 0 Å². The Morgan fingerprint density at radius 2 is 1.86 bits per heavy atom. The molecule has 21 heavy (non-hydrogen) atoms. The van der Waals surface area contributed by atoms with Gasteiger partial charge in [0.2, 0.25) is 0 Å². The molecule has 0 fully saturated rings. The van der Waals surface area contributed by atoms with Gasteiger partial charge in [-0.25, -0.2) is 0 Å². The van der Waals surface area contributed by atoms with Crippen LogP contribution in [0.1, 0.15) is 43.0 Å². The quantitative estimate of drug-likeness (QED) is 0.646. The van der Waals surface area contributed by atoms with Crippen LogP contribution in [0, 0.1) is 0 Å². The molecule has 0 aliphatic rings. The number of nitrogens with one attached hydrogen (secondary N) is 1. The Morgan fingerprint density at radius 3 is 2.57 bits per heavy atom. The third-order valence-corrected chi connectivity index (χ3v) is 4.80. The molecule has 114 valence electrons. The fourth-order valence-electron chi connectivity index (χ4n) is 2.66. The monoisotopic (exact) mass is 301 g/mol. The molecule has 1 aromatic heterocycles. The minimum atomic E-state index is 0.658. The van der Waals surface area contributed by atoms with Crippen molar-refractivity contribution in [3.05, 3.63) is 58.3 Å². The van der Waals surface area contributed by atoms with Crippen LogP contribution in [-0.2, 0) is 12.8 Å². The number of benzene rings is 1. The zero-order chi connectivity index (χ0) is 14.8. The van der Waals surface area contributed by atoms with Crippen molar-refractivity contribution in [1.29, 1.82) is 0 Å². The number of hydrogen-bond donors (Lipinski definition) is 1. The lowest BCUT2D eigenvalue weighted by Gasteiger charge is -2.18. The average Bonchev–Trinajstić information content (AvgIpc) is 3.04. The molecular weight excluding hydrogens is 274 g/mol. The van der Waals surface area contributed by atoms with Gasteiger partial charge in [-0.05, 0) is 62.1 Å². The molecule has 0 spiro atoms. The Morgan fingerprint density at radius 1 is 1.00 bits per heavy atom. The third-order valence-electron chi connectivity index (χ3n) is 3.86. The predicted octanol–water partition coefficient (Wildman–Crippen LogP) is 5.07. The van der Waals surface area contributed by atoms with Crippen molar-refractivity contribution in [1.82, 2.24) is 5.32 Å². The first-order valence-electron chi connectivity index (χ1n) is 8.18. The third kappa shape index (κ3) is 6.45. The highest BCUT2D eigenvalue weighted by Gasteiger charge is 2.08. The maximum atomic E-state index is 3.72. The molecule has 1 aromatic carbocycles. The summed E-state index contributed by atoms with van der Waals surface area (Å²) in [6.07, 6.45) is 7.44. The van der Waals surface area contributed by atoms with Crippen molar-refractivity contribution in [2.75, 3.05) is 6.54 Å². The zero-order valence-corrected chi connectivity index (χ0v) is 13.9. The summed E-state index contributed by atoms with van der Waals surface area (Å²) in [4.78, 5) is 1.52. The smallest absolute Gasteiger partial charge is 0.00703 e. The molecule has 0 radical (unpaired) electrons. The van der Waals surface area contributed by atoms with Gasteiger partial charge in [0.05, 0.1) is 0 Å². The molecule has 1 heterocycles. The Hall–Kier alpha value is -1.12. The van der Waals surface area contributed by atoms with E-state index >= 15 is 0 Å². The molecule has 2 rings (SSSR count). The second-order valence-corrected chi connectivity index (χ2v) is 6.68. The minimum absolute atomic E-state index is 0.658. The van der Waals surface area contributed by atoms with E-state index in [4.69, 9.17) is 0 Å². The van der Waals surface area contributed by atoms with E-state index in [2.05, 4.69) is 60.1 Å². The van der Waals surface area contributed by atoms with Crippen molar-refractivity contribution < 1.29 is 0 Å². The van der Waals surface area contributed by atoms with Crippen LogP contribution in [0.5, 0.6) is 0 Å². The number of aryl methyl sites for hydroxylation is 2. The highest BCUT2D eigenvalue weighted by molar-refractivity contribution is 7.09. The molecule has 1 unspecified atom stereocenters. The van der Waals surface area contributed by atoms with Crippen molar-refractivity contribution in [2.45, 2.75) is 51.5 Å². The lowest BCUT2D eigenvalue weighted by molar-refractivity contribution is 0.442. The average molecular weight is 301 g/mol. The van der Waals surface area contributed by atoms with E-state index < -0.39 is 0 Å². The topological polar surface area (TPSA) is 12.0 Å². The van der Waals surface area contributed by atoms with Gasteiger partial charge in [0.1, 0.15) is 0 Å². The molecule has 0 saturated heterocycles. The van der Waals surface area contributed by atoms with E-state index in [1.165, 1.54) is 49.0 Å². The maximum Gasteiger partial charge on any atom is 0.00703 e. The second kappa shape index (κ2) is 9.75. The highest BCUT2D eigenvalue weighted by atomic mass is 32.1. The van der Waals surface area contributed by atoms with Crippen LogP contribution in [0.3, 0.4) is 0 Å². The van der Waals surface area contributed by atoms with E-state index in [-0.39, 0.29) is 0 Å². The highest BCUT2D eigenvalue weighted by Crippen LogP contribution is 2.15. The van der Waals surface area contributed by atoms with Crippen LogP contribution < -0.4 is 5.32 Å². The molecule has 0 amide bonds. The molecule has 1 N–H and O–H groups in total. The molecule has 0 aliphatic heterocycles. The first-order valence-corrected chi connectivity index (χ1v) is 9.06. The number of rotatable bonds is 10. The van der Waals surface area contributed by atoms with Crippen molar-refractivity contribution in [3.8, 4) is 0 Å². The Balaban J connectivity index is 1.74. The summed E-state index contributed by atoms with van der Waals surface area (Å²) < 4.78 is 0. The van der Waals surface area contributed by atoms with Gasteiger partial charge in [-0.2, -0.15) is 0 Å². The normalized spacial score (nSPS) is 12.4. The zero-order valence-electron chi connectivity index (χ0n) is 13.1. The fraction of sp³-hybridized carbons (Fsp3) is 0.474. The van der Waals surface area contributed by atoms with Crippen LogP contribution >= 0.6 is 11.3 Å². The summed E-state index contributed by atoms with van der Waals surface area (Å²) in [6.45, 7) is 3.38. The minimum Gasteiger partial charge on any atom is -0.314 e. The van der Waals surface area contributed by atoms with Gasteiger partial charge >= 0.3 is 0 Å². The van der Waals surface area contributed by atoms with Gasteiger partial charge in [0.15, 0.2) is 0 Å². The number of hydrogen-bond acceptors (Lipinski definition) is 2. The molecule has 0 saturated carbocycles. The second-order valence-electron chi connectivity index (χ2n) is 5.65. The summed E-state index contributed by atoms with van der Waals surface area (Å²) in [6, 6.07) is 15.9. The fourth-order valence-corrected chi connectivity index (χ4v) is 3.41. The first kappa shape index (κ1) is 16.3. The molecule has 0 bridgehead atoms. The van der Waals surface area contributed by atoms with Gasteiger partial charge < -0.3 is 5.32 Å². The Kier molecular flexibility index (Phi) is 7.55. The first-order chi connectivity index (χ1) is 10.4. The molecule has 2 aromatic rings. The van der Waals surface area contributed by atoms with Crippen LogP contribution in [0.2, 0.25) is 0 Å². The molecule has 2 heteroatoms. The maximum absolute atomic E-state index is 3.72. The van der Waals surface area contributed by atoms with Crippen LogP contribution in [-0.4, -0.2) is 12.6 Å². The summed E-state index contributed by atoms with van der Waals surface area (Å²) in [5.74, 6) is 0. The summed E-state index contributed by atoms with van der Waals surface area (Å²) in [5, 5.41) is 5.90. The standard InChI is InChI=1S/C19H27NS/c1-2-15-20-18(10-6-11-19-12-7-16-21-19)14-13-17-8-4-3-5-9-17/h3-5,7-9,12,16,18,20H,2,6,10-11,13-15H2,1H3. The summed E-state index contributed by atoms with van der Waals surface area (Å²) in [7, 11) is 0. The Labute approximate surface area is 133 Å². The van der Waals surface area contributed by atoms with Gasteiger partial charge in [-0.1, -0.05) is 43.3 Å². The van der Waals surface area contributed by atoms with Gasteiger partial charge in [-0.15, -0.1) is 11.3 Å². The largest absolute Gasteiger partial charge is 0.314 e. The van der Waals surface area contributed by atoms with Crippen LogP contribution in [0.15, 0.2) is 47.8 Å². The molecule has 1 atom stereocenters. The van der Waals surface area contributed by atoms with Gasteiger partial charge in [0.25, 0.3) is 0 Å². The van der Waals surface area contributed by atoms with Crippen molar-refractivity contribution >= 4 is 11.3 Å². The predicted molar refractivity (Wildman–Crippen MR) is 94.1 cm³/mol. The molecule has 0 aliphatic carbocycles. The Bertz CT molecular complexity index is 464. The van der Waals surface area contributed by atoms with E-state index in [9.17, 15) is 0 Å². The van der Waals surface area contributed by atoms with Crippen molar-refractivity contribution in [3.63, 3.8) is 0 Å². The van der Waals surface area contributed by atoms with Gasteiger partial charge in [-0.3, -0.25) is 0 Å². The van der Waals surface area contributed by atoms with Gasteiger partial charge in [0, 0.05) is 10.9 Å². The SMILES string of the molecule is CCCNC(CCCc1cccs1)CCc1ccccc1. The number of thiophene rings is 1. The van der Waals surface area contributed by atoms with E-state index in [1.54, 1.807) is 0 Å². The summed E-state index contributed by atoms with van der Waals surface area (Å²) >= 11 is 1.88. The summed E-state index contributed by atoms with van der Waals surface area (Å²) in [5.41, 5.74) is 1.46. The van der Waals surface area contributed by atoms with Crippen LogP contribution in [0.4, 0.5) is 0 Å². The molecule has 1 nitrogen and oxygen atoms in total. The van der Waals surface area contributed by atoms with E-state index in [0.29, 0.717) is 6.04 Å². The van der Waals surface area contributed by atoms with E-state index in [0.717, 1.165) is 6.54 Å². The lowest BCUT2D eigenvalue weighted by atomic mass is 10.0. The lowest BCUT2D eigenvalue weighted by Crippen LogP contribution is -2.30. The molecular formula is C19H27NS. The van der Waals surface area contributed by atoms with E-state index in [1.807, 2.05) is 11.3 Å². The van der Waals surface area contributed by atoms with Crippen LogP contribution in [0.25, 0.3) is 0 Å².